The van der Waals surface area contributed by atoms with Gasteiger partial charge in [0.15, 0.2) is 0 Å². The van der Waals surface area contributed by atoms with Crippen LogP contribution in [0.25, 0.3) is 27.8 Å². The molecule has 5 heterocycles. The van der Waals surface area contributed by atoms with Crippen molar-refractivity contribution in [2.45, 2.75) is 33.3 Å². The summed E-state index contributed by atoms with van der Waals surface area (Å²) in [5, 5.41) is 21.3. The average Bonchev–Trinajstić information content (AvgIpc) is 3.59. The van der Waals surface area contributed by atoms with E-state index in [1.165, 1.54) is 0 Å². The molecule has 1 aliphatic heterocycles. The summed E-state index contributed by atoms with van der Waals surface area (Å²) < 4.78 is 8.87. The van der Waals surface area contributed by atoms with Crippen molar-refractivity contribution in [1.82, 2.24) is 29.7 Å². The van der Waals surface area contributed by atoms with Gasteiger partial charge in [0.05, 0.1) is 23.5 Å². The van der Waals surface area contributed by atoms with Crippen molar-refractivity contribution in [3.05, 3.63) is 54.7 Å². The largest absolute Gasteiger partial charge is 0.444 e. The summed E-state index contributed by atoms with van der Waals surface area (Å²) in [4.78, 5) is 19.1. The number of aromatic nitrogens is 5. The number of alkyl carbamates (subject to hydrolysis) is 1. The third-order valence-corrected chi connectivity index (χ3v) is 6.83. The molecular formula is C28H32N8O2. The van der Waals surface area contributed by atoms with E-state index in [-0.39, 0.29) is 6.09 Å². The number of carbonyl (C=O) groups is 1. The average molecular weight is 513 g/mol. The number of pyridine rings is 2. The van der Waals surface area contributed by atoms with Crippen LogP contribution in [0.4, 0.5) is 10.6 Å². The molecule has 0 aromatic carbocycles. The van der Waals surface area contributed by atoms with Crippen LogP contribution in [0.3, 0.4) is 0 Å². The van der Waals surface area contributed by atoms with Crippen LogP contribution < -0.4 is 10.2 Å². The fraction of sp³-hybridized carbons (Fsp3) is 0.393. The summed E-state index contributed by atoms with van der Waals surface area (Å²) in [6, 6.07) is 8.36. The molecule has 0 bridgehead atoms. The Kier molecular flexibility index (Phi) is 6.53. The SMILES string of the molecule is C[C@H]1CN(c2ccc(-c3cc(-c4cnn(C)c4)cn4ncc(C#N)c34)cn2)C[C@H]1CNC(=O)OC(C)(C)C. The zero-order valence-electron chi connectivity index (χ0n) is 22.3. The van der Waals surface area contributed by atoms with E-state index < -0.39 is 5.60 Å². The molecule has 1 saturated heterocycles. The number of aryl methyl sites for hydroxylation is 1. The molecule has 1 aliphatic rings. The Labute approximate surface area is 221 Å². The van der Waals surface area contributed by atoms with Crippen LogP contribution in [0.1, 0.15) is 33.3 Å². The van der Waals surface area contributed by atoms with Gasteiger partial charge in [-0.2, -0.15) is 15.5 Å². The van der Waals surface area contributed by atoms with Crippen LogP contribution in [-0.2, 0) is 11.8 Å². The van der Waals surface area contributed by atoms with Crippen molar-refractivity contribution in [2.24, 2.45) is 18.9 Å². The van der Waals surface area contributed by atoms with E-state index in [9.17, 15) is 10.1 Å². The first-order chi connectivity index (χ1) is 18.1. The number of amides is 1. The highest BCUT2D eigenvalue weighted by atomic mass is 16.6. The Balaban J connectivity index is 1.37. The molecule has 5 rings (SSSR count). The number of rotatable bonds is 5. The van der Waals surface area contributed by atoms with E-state index in [0.29, 0.717) is 23.9 Å². The van der Waals surface area contributed by atoms with Crippen molar-refractivity contribution in [3.8, 4) is 28.3 Å². The van der Waals surface area contributed by atoms with Gasteiger partial charge in [-0.25, -0.2) is 14.3 Å². The topological polar surface area (TPSA) is 113 Å². The fourth-order valence-corrected chi connectivity index (χ4v) is 4.90. The molecule has 10 nitrogen and oxygen atoms in total. The lowest BCUT2D eigenvalue weighted by Crippen LogP contribution is -2.36. The zero-order chi connectivity index (χ0) is 27.0. The summed E-state index contributed by atoms with van der Waals surface area (Å²) in [6.45, 7) is 9.98. The van der Waals surface area contributed by atoms with Crippen LogP contribution in [0.5, 0.6) is 0 Å². The molecule has 2 atom stereocenters. The summed E-state index contributed by atoms with van der Waals surface area (Å²) in [7, 11) is 1.88. The van der Waals surface area contributed by atoms with Gasteiger partial charge in [-0.05, 0) is 50.8 Å². The standard InChI is InChI=1S/C28H32N8O2/c1-18-14-35(16-22(18)11-31-27(37)38-28(2,3)4)25-7-6-19(10-30-25)24-8-20(23-13-32-34(5)15-23)17-36-26(24)21(9-29)12-33-36/h6-8,10,12-13,15,17-18,22H,11,14,16H2,1-5H3,(H,31,37)/t18-,22+/m0/s1. The number of hydrogen-bond donors (Lipinski definition) is 1. The van der Waals surface area contributed by atoms with Crippen LogP contribution in [0.15, 0.2) is 49.2 Å². The summed E-state index contributed by atoms with van der Waals surface area (Å²) in [5.41, 5.74) is 4.44. The third kappa shape index (κ3) is 5.18. The van der Waals surface area contributed by atoms with E-state index in [1.807, 2.05) is 64.7 Å². The number of nitrogens with one attached hydrogen (secondary N) is 1. The minimum atomic E-state index is -0.517. The maximum Gasteiger partial charge on any atom is 0.407 e. The number of fused-ring (bicyclic) bond motifs is 1. The Morgan fingerprint density at radius 1 is 1.13 bits per heavy atom. The lowest BCUT2D eigenvalue weighted by atomic mass is 9.98. The summed E-state index contributed by atoms with van der Waals surface area (Å²) >= 11 is 0. The molecule has 1 fully saturated rings. The van der Waals surface area contributed by atoms with Gasteiger partial charge < -0.3 is 15.0 Å². The number of hydrogen-bond acceptors (Lipinski definition) is 7. The lowest BCUT2D eigenvalue weighted by Gasteiger charge is -2.21. The normalized spacial score (nSPS) is 17.5. The molecule has 38 heavy (non-hydrogen) atoms. The number of anilines is 1. The van der Waals surface area contributed by atoms with Gasteiger partial charge in [-0.3, -0.25) is 4.68 Å². The van der Waals surface area contributed by atoms with E-state index in [1.54, 1.807) is 15.4 Å². The number of ether oxygens (including phenoxy) is 1. The molecular weight excluding hydrogens is 480 g/mol. The molecule has 1 amide bonds. The Hall–Kier alpha value is -4.39. The zero-order valence-corrected chi connectivity index (χ0v) is 22.3. The summed E-state index contributed by atoms with van der Waals surface area (Å²) in [6.07, 6.45) is 8.72. The first-order valence-electron chi connectivity index (χ1n) is 12.7. The van der Waals surface area contributed by atoms with Gasteiger partial charge in [0.25, 0.3) is 0 Å². The van der Waals surface area contributed by atoms with Gasteiger partial charge in [0.2, 0.25) is 0 Å². The Morgan fingerprint density at radius 3 is 2.61 bits per heavy atom. The maximum absolute atomic E-state index is 12.1. The quantitative estimate of drug-likeness (QED) is 0.425. The summed E-state index contributed by atoms with van der Waals surface area (Å²) in [5.74, 6) is 1.57. The van der Waals surface area contributed by atoms with E-state index in [0.717, 1.165) is 46.7 Å². The van der Waals surface area contributed by atoms with Crippen molar-refractivity contribution in [2.75, 3.05) is 24.5 Å². The smallest absolute Gasteiger partial charge is 0.407 e. The fourth-order valence-electron chi connectivity index (χ4n) is 4.90. The second-order valence-electron chi connectivity index (χ2n) is 10.9. The predicted molar refractivity (Wildman–Crippen MR) is 144 cm³/mol. The van der Waals surface area contributed by atoms with E-state index >= 15 is 0 Å². The molecule has 0 aliphatic carbocycles. The first-order valence-corrected chi connectivity index (χ1v) is 12.7. The molecule has 4 aromatic heterocycles. The van der Waals surface area contributed by atoms with Crippen LogP contribution in [-0.4, -0.2) is 55.7 Å². The van der Waals surface area contributed by atoms with E-state index in [2.05, 4.69) is 39.5 Å². The predicted octanol–water partition coefficient (Wildman–Crippen LogP) is 4.27. The van der Waals surface area contributed by atoms with Gasteiger partial charge in [0, 0.05) is 67.5 Å². The molecule has 196 valence electrons. The minimum Gasteiger partial charge on any atom is -0.444 e. The lowest BCUT2D eigenvalue weighted by molar-refractivity contribution is 0.0518. The third-order valence-electron chi connectivity index (χ3n) is 6.83. The Bertz CT molecular complexity index is 1510. The monoisotopic (exact) mass is 512 g/mol. The highest BCUT2D eigenvalue weighted by Crippen LogP contribution is 2.33. The van der Waals surface area contributed by atoms with E-state index in [4.69, 9.17) is 9.72 Å². The Morgan fingerprint density at radius 2 is 1.95 bits per heavy atom. The molecule has 0 spiro atoms. The molecule has 0 radical (unpaired) electrons. The van der Waals surface area contributed by atoms with Crippen molar-refractivity contribution in [3.63, 3.8) is 0 Å². The number of carbonyl (C=O) groups excluding carboxylic acids is 1. The van der Waals surface area contributed by atoms with Crippen LogP contribution in [0.2, 0.25) is 0 Å². The van der Waals surface area contributed by atoms with Crippen molar-refractivity contribution < 1.29 is 9.53 Å². The second kappa shape index (κ2) is 9.82. The van der Waals surface area contributed by atoms with Crippen molar-refractivity contribution >= 4 is 17.4 Å². The number of nitriles is 1. The van der Waals surface area contributed by atoms with Gasteiger partial charge >= 0.3 is 6.09 Å². The highest BCUT2D eigenvalue weighted by molar-refractivity contribution is 5.87. The highest BCUT2D eigenvalue weighted by Gasteiger charge is 2.31. The molecule has 0 unspecified atom stereocenters. The van der Waals surface area contributed by atoms with Crippen LogP contribution in [0, 0.1) is 23.2 Å². The van der Waals surface area contributed by atoms with Gasteiger partial charge in [0.1, 0.15) is 17.5 Å². The van der Waals surface area contributed by atoms with Gasteiger partial charge in [-0.15, -0.1) is 0 Å². The maximum atomic E-state index is 12.1. The molecule has 1 N–H and O–H groups in total. The molecule has 4 aromatic rings. The first kappa shape index (κ1) is 25.3. The number of nitrogens with zero attached hydrogens (tertiary/aromatic N) is 7. The molecule has 10 heteroatoms. The van der Waals surface area contributed by atoms with Crippen molar-refractivity contribution in [1.29, 1.82) is 5.26 Å². The molecule has 0 saturated carbocycles. The van der Waals surface area contributed by atoms with Crippen LogP contribution >= 0.6 is 0 Å². The van der Waals surface area contributed by atoms with Gasteiger partial charge in [-0.1, -0.05) is 6.92 Å². The minimum absolute atomic E-state index is 0.296. The second-order valence-corrected chi connectivity index (χ2v) is 10.9.